The number of aromatic nitrogens is 1. The van der Waals surface area contributed by atoms with Gasteiger partial charge in [0, 0.05) is 5.38 Å². The number of ether oxygens (including phenoxy) is 1. The minimum atomic E-state index is -0.607. The number of hydrogen-bond acceptors (Lipinski definition) is 7. The molecule has 0 aliphatic heterocycles. The molecular formula is C11H15N3O4S. The molecule has 1 amide bonds. The summed E-state index contributed by atoms with van der Waals surface area (Å²) in [5.41, 5.74) is -0.209. The average molecular weight is 285 g/mol. The van der Waals surface area contributed by atoms with Crippen LogP contribution < -0.4 is 5.32 Å². The van der Waals surface area contributed by atoms with Crippen LogP contribution >= 0.6 is 11.3 Å². The minimum absolute atomic E-state index is 0.0518. The van der Waals surface area contributed by atoms with Crippen LogP contribution in [0.1, 0.15) is 26.5 Å². The average Bonchev–Trinajstić information content (AvgIpc) is 2.71. The van der Waals surface area contributed by atoms with Crippen molar-refractivity contribution >= 4 is 34.6 Å². The van der Waals surface area contributed by atoms with Crippen LogP contribution in [-0.2, 0) is 14.4 Å². The van der Waals surface area contributed by atoms with Gasteiger partial charge in [0.05, 0.1) is 0 Å². The largest absolute Gasteiger partial charge is 0.444 e. The molecule has 1 rings (SSSR count). The summed E-state index contributed by atoms with van der Waals surface area (Å²) in [6, 6.07) is 0. The van der Waals surface area contributed by atoms with E-state index in [1.807, 2.05) is 0 Å². The molecular weight excluding hydrogens is 270 g/mol. The SMILES string of the molecule is CO/N=C(\C=O)c1csc(NC(=O)OC(C)(C)C)n1. The summed E-state index contributed by atoms with van der Waals surface area (Å²) in [6.45, 7) is 5.28. The van der Waals surface area contributed by atoms with Gasteiger partial charge in [0.2, 0.25) is 0 Å². The van der Waals surface area contributed by atoms with Crippen molar-refractivity contribution in [2.75, 3.05) is 12.4 Å². The van der Waals surface area contributed by atoms with Crippen LogP contribution in [0, 0.1) is 0 Å². The van der Waals surface area contributed by atoms with Gasteiger partial charge in [-0.1, -0.05) is 5.16 Å². The van der Waals surface area contributed by atoms with Crippen LogP contribution in [0.2, 0.25) is 0 Å². The summed E-state index contributed by atoms with van der Waals surface area (Å²) < 4.78 is 5.08. The maximum atomic E-state index is 11.5. The number of thiazole rings is 1. The Morgan fingerprint density at radius 2 is 2.21 bits per heavy atom. The molecule has 0 atom stereocenters. The number of carbonyl (C=O) groups is 2. The number of amides is 1. The molecule has 0 aliphatic rings. The molecule has 0 saturated carbocycles. The fourth-order valence-electron chi connectivity index (χ4n) is 1.07. The first-order valence-corrected chi connectivity index (χ1v) is 6.26. The molecule has 0 unspecified atom stereocenters. The van der Waals surface area contributed by atoms with E-state index < -0.39 is 11.7 Å². The number of nitrogens with one attached hydrogen (secondary N) is 1. The summed E-state index contributed by atoms with van der Waals surface area (Å²) >= 11 is 1.16. The van der Waals surface area contributed by atoms with Crippen molar-refractivity contribution in [3.8, 4) is 0 Å². The highest BCUT2D eigenvalue weighted by molar-refractivity contribution is 7.14. The maximum Gasteiger partial charge on any atom is 0.413 e. The summed E-state index contributed by atoms with van der Waals surface area (Å²) in [5, 5.41) is 7.89. The predicted octanol–water partition coefficient (Wildman–Crippen LogP) is 2.04. The summed E-state index contributed by atoms with van der Waals surface area (Å²) in [4.78, 5) is 30.8. The highest BCUT2D eigenvalue weighted by Gasteiger charge is 2.17. The standard InChI is InChI=1S/C11H15N3O4S/c1-11(2,3)18-10(16)13-9-12-8(6-19-9)7(5-15)14-17-4/h5-6H,1-4H3,(H,12,13,16)/b14-7+. The molecule has 0 bridgehead atoms. The Hall–Kier alpha value is -1.96. The lowest BCUT2D eigenvalue weighted by atomic mass is 10.2. The molecule has 19 heavy (non-hydrogen) atoms. The van der Waals surface area contributed by atoms with Gasteiger partial charge in [-0.25, -0.2) is 9.78 Å². The first-order chi connectivity index (χ1) is 8.85. The number of anilines is 1. The zero-order valence-electron chi connectivity index (χ0n) is 11.1. The summed E-state index contributed by atoms with van der Waals surface area (Å²) in [5.74, 6) is 0. The van der Waals surface area contributed by atoms with Crippen LogP contribution in [0.5, 0.6) is 0 Å². The molecule has 0 spiro atoms. The quantitative estimate of drug-likeness (QED) is 0.519. The van der Waals surface area contributed by atoms with Crippen molar-refractivity contribution in [3.63, 3.8) is 0 Å². The van der Waals surface area contributed by atoms with Gasteiger partial charge in [0.1, 0.15) is 18.4 Å². The molecule has 0 aromatic carbocycles. The van der Waals surface area contributed by atoms with Gasteiger partial charge in [-0.2, -0.15) is 0 Å². The molecule has 1 aromatic heterocycles. The zero-order valence-corrected chi connectivity index (χ0v) is 11.9. The first kappa shape index (κ1) is 15.1. The van der Waals surface area contributed by atoms with E-state index in [0.29, 0.717) is 17.1 Å². The van der Waals surface area contributed by atoms with Crippen LogP contribution in [0.15, 0.2) is 10.5 Å². The van der Waals surface area contributed by atoms with Crippen LogP contribution in [0.25, 0.3) is 0 Å². The van der Waals surface area contributed by atoms with Crippen molar-refractivity contribution in [2.24, 2.45) is 5.16 Å². The van der Waals surface area contributed by atoms with E-state index in [9.17, 15) is 9.59 Å². The van der Waals surface area contributed by atoms with Gasteiger partial charge in [-0.05, 0) is 20.8 Å². The Balaban J connectivity index is 2.73. The molecule has 0 saturated heterocycles. The fourth-order valence-corrected chi connectivity index (χ4v) is 1.76. The summed E-state index contributed by atoms with van der Waals surface area (Å²) in [6.07, 6.45) is -0.0831. The first-order valence-electron chi connectivity index (χ1n) is 5.38. The van der Waals surface area contributed by atoms with Gasteiger partial charge in [-0.15, -0.1) is 11.3 Å². The van der Waals surface area contributed by atoms with Crippen molar-refractivity contribution in [1.29, 1.82) is 0 Å². The third kappa shape index (κ3) is 5.04. The number of carbonyl (C=O) groups excluding carboxylic acids is 2. The van der Waals surface area contributed by atoms with Crippen molar-refractivity contribution in [1.82, 2.24) is 4.98 Å². The Morgan fingerprint density at radius 3 is 2.74 bits per heavy atom. The van der Waals surface area contributed by atoms with E-state index in [2.05, 4.69) is 20.3 Å². The maximum absolute atomic E-state index is 11.5. The lowest BCUT2D eigenvalue weighted by Crippen LogP contribution is -2.27. The van der Waals surface area contributed by atoms with Gasteiger partial charge in [-0.3, -0.25) is 10.1 Å². The topological polar surface area (TPSA) is 89.9 Å². The smallest absolute Gasteiger partial charge is 0.413 e. The third-order valence-corrected chi connectivity index (χ3v) is 2.43. The molecule has 1 aromatic rings. The lowest BCUT2D eigenvalue weighted by molar-refractivity contribution is -0.102. The number of rotatable bonds is 4. The highest BCUT2D eigenvalue weighted by Crippen LogP contribution is 2.17. The third-order valence-electron chi connectivity index (χ3n) is 1.68. The van der Waals surface area contributed by atoms with Crippen molar-refractivity contribution in [3.05, 3.63) is 11.1 Å². The van der Waals surface area contributed by atoms with Crippen LogP contribution in [0.4, 0.5) is 9.93 Å². The van der Waals surface area contributed by atoms with Gasteiger partial charge < -0.3 is 9.57 Å². The molecule has 7 nitrogen and oxygen atoms in total. The molecule has 0 radical (unpaired) electrons. The molecule has 0 aliphatic carbocycles. The molecule has 104 valence electrons. The Kier molecular flexibility index (Phi) is 4.99. The zero-order chi connectivity index (χ0) is 14.5. The van der Waals surface area contributed by atoms with Crippen molar-refractivity contribution in [2.45, 2.75) is 26.4 Å². The van der Waals surface area contributed by atoms with Gasteiger partial charge >= 0.3 is 6.09 Å². The molecule has 1 N–H and O–H groups in total. The number of aldehydes is 1. The van der Waals surface area contributed by atoms with Crippen LogP contribution in [0.3, 0.4) is 0 Å². The predicted molar refractivity (Wildman–Crippen MR) is 71.6 cm³/mol. The van der Waals surface area contributed by atoms with E-state index in [4.69, 9.17) is 4.74 Å². The molecule has 0 fully saturated rings. The van der Waals surface area contributed by atoms with Crippen LogP contribution in [-0.4, -0.2) is 35.8 Å². The van der Waals surface area contributed by atoms with Gasteiger partial charge in [0.25, 0.3) is 0 Å². The van der Waals surface area contributed by atoms with E-state index >= 15 is 0 Å². The second-order valence-electron chi connectivity index (χ2n) is 4.44. The van der Waals surface area contributed by atoms with E-state index in [0.717, 1.165) is 11.3 Å². The molecule has 8 heteroatoms. The van der Waals surface area contributed by atoms with Crippen molar-refractivity contribution < 1.29 is 19.2 Å². The highest BCUT2D eigenvalue weighted by atomic mass is 32.1. The van der Waals surface area contributed by atoms with E-state index in [1.165, 1.54) is 7.11 Å². The number of hydrogen-bond donors (Lipinski definition) is 1. The monoisotopic (exact) mass is 285 g/mol. The second-order valence-corrected chi connectivity index (χ2v) is 5.30. The molecule has 1 heterocycles. The fraction of sp³-hybridized carbons (Fsp3) is 0.455. The number of nitrogens with zero attached hydrogens (tertiary/aromatic N) is 2. The Labute approximate surface area is 114 Å². The Bertz CT molecular complexity index is 490. The Morgan fingerprint density at radius 1 is 1.53 bits per heavy atom. The van der Waals surface area contributed by atoms with E-state index in [1.54, 1.807) is 26.2 Å². The van der Waals surface area contributed by atoms with E-state index in [-0.39, 0.29) is 5.71 Å². The van der Waals surface area contributed by atoms with Gasteiger partial charge in [0.15, 0.2) is 17.1 Å². The second kappa shape index (κ2) is 6.28. The number of oxime groups is 1. The summed E-state index contributed by atoms with van der Waals surface area (Å²) in [7, 11) is 1.33. The lowest BCUT2D eigenvalue weighted by Gasteiger charge is -2.18. The normalized spacial score (nSPS) is 11.9. The minimum Gasteiger partial charge on any atom is -0.444 e.